The number of non-ortho nitro benzene ring substituents is 1. The van der Waals surface area contributed by atoms with E-state index in [1.165, 1.54) is 28.6 Å². The van der Waals surface area contributed by atoms with Crippen molar-refractivity contribution >= 4 is 21.5 Å². The first kappa shape index (κ1) is 23.7. The molecule has 0 radical (unpaired) electrons. The zero-order valence-corrected chi connectivity index (χ0v) is 19.4. The lowest BCUT2D eigenvalue weighted by Gasteiger charge is -2.23. The number of nitro benzene ring substituents is 1. The van der Waals surface area contributed by atoms with Crippen molar-refractivity contribution in [2.24, 2.45) is 0 Å². The van der Waals surface area contributed by atoms with Gasteiger partial charge in [-0.3, -0.25) is 10.1 Å². The number of hydrogen-bond donors (Lipinski definition) is 0. The van der Waals surface area contributed by atoms with Crippen molar-refractivity contribution in [3.8, 4) is 11.4 Å². The molecule has 1 saturated heterocycles. The molecular formula is C23H24FN5O4S. The number of aromatic nitrogens is 2. The van der Waals surface area contributed by atoms with Crippen molar-refractivity contribution in [3.63, 3.8) is 0 Å². The Balaban J connectivity index is 1.57. The molecule has 34 heavy (non-hydrogen) atoms. The lowest BCUT2D eigenvalue weighted by molar-refractivity contribution is -0.384. The first-order valence-electron chi connectivity index (χ1n) is 10.9. The van der Waals surface area contributed by atoms with Gasteiger partial charge in [0.05, 0.1) is 9.82 Å². The summed E-state index contributed by atoms with van der Waals surface area (Å²) in [4.78, 5) is 21.8. The van der Waals surface area contributed by atoms with Crippen LogP contribution in [0.4, 0.5) is 15.9 Å². The van der Waals surface area contributed by atoms with Gasteiger partial charge in [-0.1, -0.05) is 6.92 Å². The topological polar surface area (TPSA) is 110 Å². The van der Waals surface area contributed by atoms with E-state index in [1.54, 1.807) is 12.1 Å². The molecule has 1 aliphatic rings. The van der Waals surface area contributed by atoms with E-state index in [9.17, 15) is 22.9 Å². The summed E-state index contributed by atoms with van der Waals surface area (Å²) in [5.74, 6) is 0.658. The Bertz CT molecular complexity index is 1280. The number of sulfonamides is 1. The van der Waals surface area contributed by atoms with Gasteiger partial charge in [0.15, 0.2) is 5.82 Å². The van der Waals surface area contributed by atoms with Gasteiger partial charge in [0, 0.05) is 55.6 Å². The highest BCUT2D eigenvalue weighted by Crippen LogP contribution is 2.25. The van der Waals surface area contributed by atoms with Crippen LogP contribution in [0.5, 0.6) is 0 Å². The molecule has 0 aliphatic carbocycles. The SMILES string of the molecule is CCc1cc(N2CCCN(S(=O)(=O)c3ccc(F)cc3)CC2)nc(-c2ccc([N+](=O)[O-])cc2)n1. The Morgan fingerprint density at radius 3 is 2.35 bits per heavy atom. The zero-order valence-electron chi connectivity index (χ0n) is 18.6. The van der Waals surface area contributed by atoms with Crippen LogP contribution >= 0.6 is 0 Å². The van der Waals surface area contributed by atoms with Crippen molar-refractivity contribution in [3.05, 3.63) is 76.2 Å². The summed E-state index contributed by atoms with van der Waals surface area (Å²) in [6.45, 7) is 3.62. The van der Waals surface area contributed by atoms with Crippen molar-refractivity contribution in [1.82, 2.24) is 14.3 Å². The van der Waals surface area contributed by atoms with Gasteiger partial charge in [-0.15, -0.1) is 0 Å². The maximum Gasteiger partial charge on any atom is 0.269 e. The Morgan fingerprint density at radius 1 is 1.00 bits per heavy atom. The lowest BCUT2D eigenvalue weighted by Crippen LogP contribution is -2.35. The monoisotopic (exact) mass is 485 g/mol. The van der Waals surface area contributed by atoms with E-state index in [0.29, 0.717) is 49.7 Å². The highest BCUT2D eigenvalue weighted by atomic mass is 32.2. The van der Waals surface area contributed by atoms with Crippen molar-refractivity contribution in [2.75, 3.05) is 31.1 Å². The summed E-state index contributed by atoms with van der Waals surface area (Å²) in [5.41, 5.74) is 1.47. The van der Waals surface area contributed by atoms with Crippen molar-refractivity contribution in [2.45, 2.75) is 24.7 Å². The van der Waals surface area contributed by atoms with Crippen molar-refractivity contribution < 1.29 is 17.7 Å². The number of anilines is 1. The zero-order chi connectivity index (χ0) is 24.3. The predicted octanol–water partition coefficient (Wildman–Crippen LogP) is 3.65. The van der Waals surface area contributed by atoms with E-state index in [1.807, 2.05) is 17.9 Å². The van der Waals surface area contributed by atoms with Crippen LogP contribution in [0, 0.1) is 15.9 Å². The van der Waals surface area contributed by atoms with Crippen LogP contribution in [-0.2, 0) is 16.4 Å². The number of hydrogen-bond acceptors (Lipinski definition) is 7. The molecule has 4 rings (SSSR count). The molecule has 3 aromatic rings. The molecule has 1 fully saturated rings. The first-order valence-corrected chi connectivity index (χ1v) is 12.4. The quantitative estimate of drug-likeness (QED) is 0.387. The van der Waals surface area contributed by atoms with E-state index in [0.717, 1.165) is 17.8 Å². The average Bonchev–Trinajstić information content (AvgIpc) is 3.11. The standard InChI is InChI=1S/C23H24FN5O4S/c1-2-19-16-22(26-23(25-19)17-4-8-20(9-5-17)29(30)31)27-12-3-13-28(15-14-27)34(32,33)21-10-6-18(24)7-11-21/h4-11,16H,2-3,12-15H2,1H3. The molecule has 2 aromatic carbocycles. The van der Waals surface area contributed by atoms with E-state index in [2.05, 4.69) is 9.97 Å². The summed E-state index contributed by atoms with van der Waals surface area (Å²) < 4.78 is 40.7. The highest BCUT2D eigenvalue weighted by molar-refractivity contribution is 7.89. The second-order valence-corrected chi connectivity index (χ2v) is 9.84. The van der Waals surface area contributed by atoms with Gasteiger partial charge in [0.1, 0.15) is 11.6 Å². The Hall–Kier alpha value is -3.44. The van der Waals surface area contributed by atoms with Crippen LogP contribution in [0.2, 0.25) is 0 Å². The normalized spacial score (nSPS) is 15.2. The summed E-state index contributed by atoms with van der Waals surface area (Å²) in [6.07, 6.45) is 1.27. The maximum absolute atomic E-state index is 13.2. The minimum absolute atomic E-state index is 0.00871. The smallest absolute Gasteiger partial charge is 0.269 e. The van der Waals surface area contributed by atoms with Gasteiger partial charge in [0.25, 0.3) is 5.69 Å². The average molecular weight is 486 g/mol. The molecular weight excluding hydrogens is 461 g/mol. The van der Waals surface area contributed by atoms with E-state index >= 15 is 0 Å². The van der Waals surface area contributed by atoms with Crippen LogP contribution in [-0.4, -0.2) is 53.8 Å². The van der Waals surface area contributed by atoms with Crippen LogP contribution in [0.15, 0.2) is 59.5 Å². The van der Waals surface area contributed by atoms with Gasteiger partial charge in [0.2, 0.25) is 10.0 Å². The molecule has 0 saturated carbocycles. The second kappa shape index (κ2) is 9.82. The van der Waals surface area contributed by atoms with Gasteiger partial charge in [-0.25, -0.2) is 22.8 Å². The summed E-state index contributed by atoms with van der Waals surface area (Å²) in [5, 5.41) is 10.9. The molecule has 1 aliphatic heterocycles. The Morgan fingerprint density at radius 2 is 1.71 bits per heavy atom. The largest absolute Gasteiger partial charge is 0.355 e. The minimum Gasteiger partial charge on any atom is -0.355 e. The molecule has 178 valence electrons. The molecule has 0 amide bonds. The summed E-state index contributed by atoms with van der Waals surface area (Å²) in [6, 6.07) is 12.8. The van der Waals surface area contributed by atoms with Gasteiger partial charge >= 0.3 is 0 Å². The lowest BCUT2D eigenvalue weighted by atomic mass is 10.2. The van der Waals surface area contributed by atoms with Gasteiger partial charge in [-0.2, -0.15) is 4.31 Å². The number of rotatable bonds is 6. The molecule has 2 heterocycles. The van der Waals surface area contributed by atoms with Crippen LogP contribution in [0.25, 0.3) is 11.4 Å². The van der Waals surface area contributed by atoms with E-state index in [4.69, 9.17) is 0 Å². The third-order valence-electron chi connectivity index (χ3n) is 5.69. The number of halogens is 1. The number of nitro groups is 1. The van der Waals surface area contributed by atoms with Crippen molar-refractivity contribution in [1.29, 1.82) is 0 Å². The third-order valence-corrected chi connectivity index (χ3v) is 7.61. The number of benzene rings is 2. The summed E-state index contributed by atoms with van der Waals surface area (Å²) >= 11 is 0. The first-order chi connectivity index (χ1) is 16.3. The fourth-order valence-corrected chi connectivity index (χ4v) is 5.28. The highest BCUT2D eigenvalue weighted by Gasteiger charge is 2.27. The third kappa shape index (κ3) is 5.05. The predicted molar refractivity (Wildman–Crippen MR) is 125 cm³/mol. The summed E-state index contributed by atoms with van der Waals surface area (Å²) in [7, 11) is -3.73. The molecule has 0 atom stereocenters. The molecule has 1 aromatic heterocycles. The van der Waals surface area contributed by atoms with Crippen LogP contribution in [0.3, 0.4) is 0 Å². The number of nitrogens with zero attached hydrogens (tertiary/aromatic N) is 5. The van der Waals surface area contributed by atoms with Crippen LogP contribution < -0.4 is 4.90 Å². The molecule has 0 N–H and O–H groups in total. The van der Waals surface area contributed by atoms with Gasteiger partial charge in [-0.05, 0) is 49.2 Å². The van der Waals surface area contributed by atoms with Gasteiger partial charge < -0.3 is 4.90 Å². The Kier molecular flexibility index (Phi) is 6.85. The molecule has 9 nitrogen and oxygen atoms in total. The van der Waals surface area contributed by atoms with Crippen LogP contribution in [0.1, 0.15) is 19.0 Å². The van der Waals surface area contributed by atoms with E-state index in [-0.39, 0.29) is 17.1 Å². The maximum atomic E-state index is 13.2. The Labute approximate surface area is 197 Å². The second-order valence-electron chi connectivity index (χ2n) is 7.90. The van der Waals surface area contributed by atoms with E-state index < -0.39 is 20.8 Å². The molecule has 11 heteroatoms. The molecule has 0 unspecified atom stereocenters. The fraction of sp³-hybridized carbons (Fsp3) is 0.304. The molecule has 0 spiro atoms. The minimum atomic E-state index is -3.73. The molecule has 0 bridgehead atoms. The fourth-order valence-electron chi connectivity index (χ4n) is 3.81. The number of aryl methyl sites for hydroxylation is 1.